The lowest BCUT2D eigenvalue weighted by molar-refractivity contribution is -0.129. The molecule has 0 saturated carbocycles. The van der Waals surface area contributed by atoms with Crippen molar-refractivity contribution in [1.82, 2.24) is 4.90 Å². The largest absolute Gasteiger partial charge is 0.342 e. The van der Waals surface area contributed by atoms with E-state index in [1.54, 1.807) is 0 Å². The van der Waals surface area contributed by atoms with Crippen molar-refractivity contribution >= 4 is 17.5 Å². The predicted molar refractivity (Wildman–Crippen MR) is 73.5 cm³/mol. The molecule has 4 heteroatoms. The van der Waals surface area contributed by atoms with Crippen molar-refractivity contribution in [3.8, 4) is 0 Å². The Morgan fingerprint density at radius 3 is 2.67 bits per heavy atom. The first kappa shape index (κ1) is 13.4. The molecular formula is C14H19ClN2O. The van der Waals surface area contributed by atoms with Crippen LogP contribution in [0.2, 0.25) is 5.02 Å². The summed E-state index contributed by atoms with van der Waals surface area (Å²) >= 11 is 5.82. The molecule has 18 heavy (non-hydrogen) atoms. The molecule has 1 atom stereocenters. The van der Waals surface area contributed by atoms with E-state index in [2.05, 4.69) is 6.92 Å². The second kappa shape index (κ2) is 5.29. The van der Waals surface area contributed by atoms with Crippen molar-refractivity contribution in [2.45, 2.75) is 19.8 Å². The maximum Gasteiger partial charge on any atom is 0.227 e. The highest BCUT2D eigenvalue weighted by Gasteiger charge is 2.34. The Bertz CT molecular complexity index is 432. The van der Waals surface area contributed by atoms with Gasteiger partial charge in [-0.25, -0.2) is 0 Å². The van der Waals surface area contributed by atoms with Crippen LogP contribution in [0.15, 0.2) is 24.3 Å². The molecule has 1 aliphatic rings. The van der Waals surface area contributed by atoms with E-state index in [0.29, 0.717) is 18.0 Å². The Kier molecular flexibility index (Phi) is 3.93. The van der Waals surface area contributed by atoms with Gasteiger partial charge in [-0.1, -0.05) is 30.7 Å². The number of likely N-dealkylation sites (tertiary alicyclic amines) is 1. The van der Waals surface area contributed by atoms with Crippen LogP contribution in [0.3, 0.4) is 0 Å². The van der Waals surface area contributed by atoms with Crippen LogP contribution < -0.4 is 5.73 Å². The maximum absolute atomic E-state index is 12.2. The van der Waals surface area contributed by atoms with Crippen LogP contribution in [0.5, 0.6) is 0 Å². The molecule has 98 valence electrons. The summed E-state index contributed by atoms with van der Waals surface area (Å²) in [6.07, 6.45) is 1.44. The average molecular weight is 267 g/mol. The second-order valence-electron chi connectivity index (χ2n) is 5.38. The summed E-state index contributed by atoms with van der Waals surface area (Å²) < 4.78 is 0. The Hall–Kier alpha value is -1.06. The molecule has 1 unspecified atom stereocenters. The van der Waals surface area contributed by atoms with E-state index in [4.69, 9.17) is 17.3 Å². The van der Waals surface area contributed by atoms with Gasteiger partial charge in [-0.2, -0.15) is 0 Å². The van der Waals surface area contributed by atoms with E-state index < -0.39 is 0 Å². The lowest BCUT2D eigenvalue weighted by Crippen LogP contribution is -2.35. The van der Waals surface area contributed by atoms with E-state index in [1.807, 2.05) is 29.2 Å². The van der Waals surface area contributed by atoms with Crippen LogP contribution in [-0.4, -0.2) is 30.4 Å². The molecule has 1 aliphatic heterocycles. The van der Waals surface area contributed by atoms with Crippen molar-refractivity contribution in [3.63, 3.8) is 0 Å². The Balaban J connectivity index is 1.95. The first-order chi connectivity index (χ1) is 8.52. The van der Waals surface area contributed by atoms with Crippen LogP contribution in [0.25, 0.3) is 0 Å². The van der Waals surface area contributed by atoms with E-state index in [1.165, 1.54) is 0 Å². The van der Waals surface area contributed by atoms with Crippen LogP contribution in [-0.2, 0) is 11.2 Å². The SMILES string of the molecule is CC1(CN)CCN(C(=O)Cc2ccc(Cl)cc2)C1. The van der Waals surface area contributed by atoms with Gasteiger partial charge < -0.3 is 10.6 Å². The first-order valence-corrected chi connectivity index (χ1v) is 6.62. The molecule has 3 nitrogen and oxygen atoms in total. The summed E-state index contributed by atoms with van der Waals surface area (Å²) in [6, 6.07) is 7.44. The number of hydrogen-bond donors (Lipinski definition) is 1. The molecule has 0 spiro atoms. The normalized spacial score (nSPS) is 23.4. The van der Waals surface area contributed by atoms with E-state index in [-0.39, 0.29) is 11.3 Å². The highest BCUT2D eigenvalue weighted by Crippen LogP contribution is 2.28. The average Bonchev–Trinajstić information content (AvgIpc) is 2.76. The molecule has 1 fully saturated rings. The van der Waals surface area contributed by atoms with Crippen molar-refractivity contribution in [2.75, 3.05) is 19.6 Å². The number of halogens is 1. The van der Waals surface area contributed by atoms with Gasteiger partial charge in [-0.15, -0.1) is 0 Å². The minimum absolute atomic E-state index is 0.0929. The van der Waals surface area contributed by atoms with Gasteiger partial charge in [0.05, 0.1) is 6.42 Å². The Labute approximate surface area is 113 Å². The van der Waals surface area contributed by atoms with Gasteiger partial charge in [0, 0.05) is 18.1 Å². The fourth-order valence-electron chi connectivity index (χ4n) is 2.29. The summed E-state index contributed by atoms with van der Waals surface area (Å²) in [6.45, 7) is 4.37. The number of benzene rings is 1. The van der Waals surface area contributed by atoms with Crippen molar-refractivity contribution in [3.05, 3.63) is 34.9 Å². The van der Waals surface area contributed by atoms with Gasteiger partial charge in [-0.3, -0.25) is 4.79 Å². The minimum atomic E-state index is 0.0929. The van der Waals surface area contributed by atoms with Gasteiger partial charge in [0.1, 0.15) is 0 Å². The zero-order valence-electron chi connectivity index (χ0n) is 10.7. The number of carbonyl (C=O) groups excluding carboxylic acids is 1. The minimum Gasteiger partial charge on any atom is -0.342 e. The molecule has 1 saturated heterocycles. The van der Waals surface area contributed by atoms with Gasteiger partial charge in [0.15, 0.2) is 0 Å². The Morgan fingerprint density at radius 1 is 1.44 bits per heavy atom. The molecule has 0 aliphatic carbocycles. The number of amides is 1. The summed E-state index contributed by atoms with van der Waals surface area (Å²) in [5, 5.41) is 0.697. The topological polar surface area (TPSA) is 46.3 Å². The summed E-state index contributed by atoms with van der Waals surface area (Å²) in [7, 11) is 0. The molecule has 1 amide bonds. The quantitative estimate of drug-likeness (QED) is 0.911. The van der Waals surface area contributed by atoms with Crippen molar-refractivity contribution in [1.29, 1.82) is 0 Å². The van der Waals surface area contributed by atoms with Gasteiger partial charge in [0.25, 0.3) is 0 Å². The van der Waals surface area contributed by atoms with Crippen LogP contribution in [0.1, 0.15) is 18.9 Å². The number of nitrogens with two attached hydrogens (primary N) is 1. The molecule has 0 aromatic heterocycles. The standard InChI is InChI=1S/C14H19ClN2O/c1-14(9-16)6-7-17(10-14)13(18)8-11-2-4-12(15)5-3-11/h2-5H,6-10,16H2,1H3. The lowest BCUT2D eigenvalue weighted by atomic mass is 9.90. The van der Waals surface area contributed by atoms with Crippen LogP contribution in [0.4, 0.5) is 0 Å². The molecular weight excluding hydrogens is 248 g/mol. The van der Waals surface area contributed by atoms with E-state index in [0.717, 1.165) is 25.1 Å². The van der Waals surface area contributed by atoms with E-state index >= 15 is 0 Å². The molecule has 1 heterocycles. The van der Waals surface area contributed by atoms with Crippen LogP contribution >= 0.6 is 11.6 Å². The zero-order valence-corrected chi connectivity index (χ0v) is 11.4. The van der Waals surface area contributed by atoms with Gasteiger partial charge >= 0.3 is 0 Å². The van der Waals surface area contributed by atoms with Crippen LogP contribution in [0, 0.1) is 5.41 Å². The lowest BCUT2D eigenvalue weighted by Gasteiger charge is -2.22. The molecule has 2 N–H and O–H groups in total. The smallest absolute Gasteiger partial charge is 0.227 e. The monoisotopic (exact) mass is 266 g/mol. The number of nitrogens with zero attached hydrogens (tertiary/aromatic N) is 1. The molecule has 1 aromatic rings. The molecule has 1 aromatic carbocycles. The van der Waals surface area contributed by atoms with Crippen molar-refractivity contribution < 1.29 is 4.79 Å². The summed E-state index contributed by atoms with van der Waals surface area (Å²) in [4.78, 5) is 14.1. The molecule has 0 radical (unpaired) electrons. The van der Waals surface area contributed by atoms with Gasteiger partial charge in [-0.05, 0) is 36.1 Å². The number of carbonyl (C=O) groups is 1. The molecule has 0 bridgehead atoms. The first-order valence-electron chi connectivity index (χ1n) is 6.25. The fraction of sp³-hybridized carbons (Fsp3) is 0.500. The highest BCUT2D eigenvalue weighted by molar-refractivity contribution is 6.30. The summed E-state index contributed by atoms with van der Waals surface area (Å²) in [5.41, 5.74) is 6.85. The Morgan fingerprint density at radius 2 is 2.11 bits per heavy atom. The zero-order chi connectivity index (χ0) is 13.2. The fourth-order valence-corrected chi connectivity index (χ4v) is 2.42. The third-order valence-corrected chi connectivity index (χ3v) is 3.92. The molecule has 2 rings (SSSR count). The van der Waals surface area contributed by atoms with E-state index in [9.17, 15) is 4.79 Å². The third kappa shape index (κ3) is 3.03. The predicted octanol–water partition coefficient (Wildman–Crippen LogP) is 2.08. The number of rotatable bonds is 3. The summed E-state index contributed by atoms with van der Waals surface area (Å²) in [5.74, 6) is 0.175. The van der Waals surface area contributed by atoms with Gasteiger partial charge in [0.2, 0.25) is 5.91 Å². The third-order valence-electron chi connectivity index (χ3n) is 3.67. The highest BCUT2D eigenvalue weighted by atomic mass is 35.5. The number of hydrogen-bond acceptors (Lipinski definition) is 2. The second-order valence-corrected chi connectivity index (χ2v) is 5.82. The van der Waals surface area contributed by atoms with Crippen molar-refractivity contribution in [2.24, 2.45) is 11.1 Å². The maximum atomic E-state index is 12.2.